The largest absolute Gasteiger partial charge is 0.412 e. The van der Waals surface area contributed by atoms with E-state index in [0.717, 1.165) is 0 Å². The summed E-state index contributed by atoms with van der Waals surface area (Å²) in [5.74, 6) is 0. The molecule has 0 aromatic rings. The summed E-state index contributed by atoms with van der Waals surface area (Å²) in [6.07, 6.45) is 0. The smallest absolute Gasteiger partial charge is 0.192 e. The molecule has 0 amide bonds. The van der Waals surface area contributed by atoms with Crippen LogP contribution in [0.4, 0.5) is 0 Å². The zero-order chi connectivity index (χ0) is 17.7. The van der Waals surface area contributed by atoms with E-state index in [-0.39, 0.29) is 11.2 Å². The predicted molar refractivity (Wildman–Crippen MR) is 105 cm³/mol. The lowest BCUT2D eigenvalue weighted by Gasteiger charge is -2.41. The van der Waals surface area contributed by atoms with Gasteiger partial charge in [0.25, 0.3) is 0 Å². The number of rotatable bonds is 9. The van der Waals surface area contributed by atoms with Gasteiger partial charge in [-0.3, -0.25) is 0 Å². The summed E-state index contributed by atoms with van der Waals surface area (Å²) >= 11 is 0. The van der Waals surface area contributed by atoms with Gasteiger partial charge < -0.3 is 8.85 Å². The van der Waals surface area contributed by atoms with E-state index in [1.54, 1.807) is 0 Å². The maximum Gasteiger partial charge on any atom is 0.192 e. The predicted octanol–water partition coefficient (Wildman–Crippen LogP) is 6.59. The second-order valence-corrected chi connectivity index (χ2v) is 17.7. The highest BCUT2D eigenvalue weighted by Crippen LogP contribution is 2.36. The Labute approximate surface area is 142 Å². The lowest BCUT2D eigenvalue weighted by atomic mass is 10.2. The van der Waals surface area contributed by atoms with Crippen molar-refractivity contribution < 1.29 is 8.85 Å². The van der Waals surface area contributed by atoms with Crippen LogP contribution in [-0.2, 0) is 8.85 Å². The van der Waals surface area contributed by atoms with E-state index in [0.29, 0.717) is 0 Å². The van der Waals surface area contributed by atoms with Crippen molar-refractivity contribution in [3.05, 3.63) is 0 Å². The summed E-state index contributed by atoms with van der Waals surface area (Å²) in [5, 5.41) is 0. The molecule has 0 rings (SSSR count). The molecular formula is C18H42O2Si2. The van der Waals surface area contributed by atoms with E-state index in [4.69, 9.17) is 8.85 Å². The molecule has 134 valence electrons. The Kier molecular flexibility index (Phi) is 8.59. The molecule has 2 nitrogen and oxygen atoms in total. The first kappa shape index (κ1) is 22.4. The van der Waals surface area contributed by atoms with Gasteiger partial charge in [-0.1, -0.05) is 27.7 Å². The quantitative estimate of drug-likeness (QED) is 0.438. The molecule has 0 atom stereocenters. The summed E-state index contributed by atoms with van der Waals surface area (Å²) in [6.45, 7) is 22.5. The van der Waals surface area contributed by atoms with Crippen LogP contribution in [0.1, 0.15) is 69.2 Å². The minimum Gasteiger partial charge on any atom is -0.412 e. The van der Waals surface area contributed by atoms with Gasteiger partial charge in [-0.2, -0.15) is 0 Å². The number of hydrogen-bond acceptors (Lipinski definition) is 2. The molecule has 0 aliphatic carbocycles. The van der Waals surface area contributed by atoms with Crippen LogP contribution in [0.2, 0.25) is 36.3 Å². The molecule has 0 aliphatic heterocycles. The van der Waals surface area contributed by atoms with Gasteiger partial charge in [0.15, 0.2) is 16.6 Å². The Morgan fingerprint density at radius 2 is 0.773 bits per heavy atom. The molecule has 0 fully saturated rings. The van der Waals surface area contributed by atoms with E-state index < -0.39 is 16.6 Å². The molecule has 0 bridgehead atoms. The second-order valence-electron chi connectivity index (χ2n) is 8.71. The third-order valence-corrected chi connectivity index (χ3v) is 14.7. The molecule has 0 aromatic heterocycles. The zero-order valence-corrected chi connectivity index (χ0v) is 19.1. The molecule has 0 spiro atoms. The standard InChI is InChI=1S/C18H42O2Si2/c1-11-21(12-2,19-17(5,6)7)15-16-22(13-3,14-4)20-18(8,9)10/h11-16H2,1-10H3. The summed E-state index contributed by atoms with van der Waals surface area (Å²) in [5.41, 5.74) is -0.0441. The first-order chi connectivity index (χ1) is 9.86. The van der Waals surface area contributed by atoms with Gasteiger partial charge in [0.1, 0.15) is 0 Å². The first-order valence-electron chi connectivity index (χ1n) is 9.27. The van der Waals surface area contributed by atoms with Gasteiger partial charge in [-0.25, -0.2) is 0 Å². The Balaban J connectivity index is 5.13. The topological polar surface area (TPSA) is 18.5 Å². The van der Waals surface area contributed by atoms with Crippen molar-refractivity contribution >= 4 is 16.6 Å². The minimum absolute atomic E-state index is 0.0221. The van der Waals surface area contributed by atoms with Crippen molar-refractivity contribution in [2.24, 2.45) is 0 Å². The summed E-state index contributed by atoms with van der Waals surface area (Å²) < 4.78 is 13.3. The monoisotopic (exact) mass is 346 g/mol. The molecule has 4 heteroatoms. The van der Waals surface area contributed by atoms with Crippen molar-refractivity contribution in [3.63, 3.8) is 0 Å². The fourth-order valence-electron chi connectivity index (χ4n) is 3.35. The Morgan fingerprint density at radius 3 is 0.909 bits per heavy atom. The second kappa shape index (κ2) is 8.45. The van der Waals surface area contributed by atoms with Gasteiger partial charge in [-0.15, -0.1) is 0 Å². The molecule has 0 radical (unpaired) electrons. The van der Waals surface area contributed by atoms with Crippen LogP contribution in [0, 0.1) is 0 Å². The van der Waals surface area contributed by atoms with Crippen molar-refractivity contribution in [3.8, 4) is 0 Å². The summed E-state index contributed by atoms with van der Waals surface area (Å²) in [4.78, 5) is 0. The van der Waals surface area contributed by atoms with Gasteiger partial charge in [0.2, 0.25) is 0 Å². The molecular weight excluding hydrogens is 304 g/mol. The summed E-state index contributed by atoms with van der Waals surface area (Å²) in [6, 6.07) is 7.40. The van der Waals surface area contributed by atoms with Crippen molar-refractivity contribution in [1.29, 1.82) is 0 Å². The van der Waals surface area contributed by atoms with E-state index in [1.165, 1.54) is 36.3 Å². The highest BCUT2D eigenvalue weighted by Gasteiger charge is 2.41. The van der Waals surface area contributed by atoms with E-state index >= 15 is 0 Å². The van der Waals surface area contributed by atoms with Crippen LogP contribution in [-0.4, -0.2) is 27.8 Å². The fourth-order valence-corrected chi connectivity index (χ4v) is 12.8. The molecule has 0 saturated carbocycles. The van der Waals surface area contributed by atoms with Crippen LogP contribution in [0.3, 0.4) is 0 Å². The summed E-state index contributed by atoms with van der Waals surface area (Å²) in [7, 11) is -3.28. The van der Waals surface area contributed by atoms with Crippen LogP contribution in [0.15, 0.2) is 0 Å². The maximum absolute atomic E-state index is 6.64. The zero-order valence-electron chi connectivity index (χ0n) is 17.1. The maximum atomic E-state index is 6.64. The first-order valence-corrected chi connectivity index (χ1v) is 14.3. The normalized spacial score (nSPS) is 14.5. The molecule has 0 aliphatic rings. The molecule has 22 heavy (non-hydrogen) atoms. The highest BCUT2D eigenvalue weighted by atomic mass is 28.4. The molecule has 0 N–H and O–H groups in total. The third kappa shape index (κ3) is 7.76. The Morgan fingerprint density at radius 1 is 0.545 bits per heavy atom. The van der Waals surface area contributed by atoms with Crippen LogP contribution in [0.5, 0.6) is 0 Å². The van der Waals surface area contributed by atoms with Crippen LogP contribution >= 0.6 is 0 Å². The minimum atomic E-state index is -1.64. The molecule has 0 heterocycles. The number of hydrogen-bond donors (Lipinski definition) is 0. The van der Waals surface area contributed by atoms with Crippen molar-refractivity contribution in [2.45, 2.75) is 117 Å². The van der Waals surface area contributed by atoms with Crippen molar-refractivity contribution in [1.82, 2.24) is 0 Å². The Bertz CT molecular complexity index is 276. The highest BCUT2D eigenvalue weighted by molar-refractivity contribution is 6.79. The molecule has 0 saturated heterocycles. The lowest BCUT2D eigenvalue weighted by Crippen LogP contribution is -2.48. The van der Waals surface area contributed by atoms with E-state index in [1.807, 2.05) is 0 Å². The van der Waals surface area contributed by atoms with Gasteiger partial charge in [0.05, 0.1) is 0 Å². The van der Waals surface area contributed by atoms with Gasteiger partial charge in [0, 0.05) is 11.2 Å². The average molecular weight is 347 g/mol. The third-order valence-electron chi connectivity index (χ3n) is 4.66. The van der Waals surface area contributed by atoms with Gasteiger partial charge >= 0.3 is 0 Å². The van der Waals surface area contributed by atoms with Crippen LogP contribution in [0.25, 0.3) is 0 Å². The van der Waals surface area contributed by atoms with Gasteiger partial charge in [-0.05, 0) is 77.8 Å². The van der Waals surface area contributed by atoms with Crippen molar-refractivity contribution in [2.75, 3.05) is 0 Å². The van der Waals surface area contributed by atoms with E-state index in [9.17, 15) is 0 Å². The fraction of sp³-hybridized carbons (Fsp3) is 1.00. The lowest BCUT2D eigenvalue weighted by molar-refractivity contribution is 0.110. The molecule has 0 unspecified atom stereocenters. The molecule has 0 aromatic carbocycles. The SMILES string of the molecule is CC[Si](CC)(CC[Si](CC)(CC)OC(C)(C)C)OC(C)(C)C. The van der Waals surface area contributed by atoms with Crippen LogP contribution < -0.4 is 0 Å². The average Bonchev–Trinajstić information content (AvgIpc) is 2.39. The van der Waals surface area contributed by atoms with E-state index in [2.05, 4.69) is 69.2 Å². The Hall–Kier alpha value is 0.354.